The number of imide groups is 1. The molecule has 0 aromatic rings. The van der Waals surface area contributed by atoms with E-state index in [-0.39, 0.29) is 35.5 Å². The van der Waals surface area contributed by atoms with Crippen LogP contribution >= 0.6 is 0 Å². The van der Waals surface area contributed by atoms with Crippen molar-refractivity contribution in [2.24, 2.45) is 40.5 Å². The lowest BCUT2D eigenvalue weighted by molar-refractivity contribution is -0.140. The minimum Gasteiger partial charge on any atom is -0.356 e. The predicted octanol–water partition coefficient (Wildman–Crippen LogP) is 1.33. The summed E-state index contributed by atoms with van der Waals surface area (Å²) in [5.41, 5.74) is 0. The first-order valence-electron chi connectivity index (χ1n) is 11.7. The molecule has 0 aromatic heterocycles. The standard InChI is InChI=1S/C23H37N5O2/c1-15(2)13-27-9-4-5-16(14-27)12-26-23(24-3)25-8-10-28-21(29)19-17-6-7-18(11-17)20(19)22(28)30/h6-7,15-20H,4-5,8-14H2,1-3H3,(H2,24,25,26). The van der Waals surface area contributed by atoms with Crippen LogP contribution in [0.5, 0.6) is 0 Å². The Bertz CT molecular complexity index is 688. The summed E-state index contributed by atoms with van der Waals surface area (Å²) in [6, 6.07) is 0. The zero-order valence-electron chi connectivity index (χ0n) is 18.6. The van der Waals surface area contributed by atoms with E-state index in [1.165, 1.54) is 30.8 Å². The zero-order valence-corrected chi connectivity index (χ0v) is 18.6. The number of amides is 2. The van der Waals surface area contributed by atoms with Crippen LogP contribution in [-0.2, 0) is 9.59 Å². The highest BCUT2D eigenvalue weighted by atomic mass is 16.2. The van der Waals surface area contributed by atoms with E-state index in [4.69, 9.17) is 0 Å². The average molecular weight is 416 g/mol. The predicted molar refractivity (Wildman–Crippen MR) is 118 cm³/mol. The number of nitrogens with one attached hydrogen (secondary N) is 2. The van der Waals surface area contributed by atoms with E-state index in [0.717, 1.165) is 25.5 Å². The summed E-state index contributed by atoms with van der Waals surface area (Å²) in [6.07, 6.45) is 7.75. The Morgan fingerprint density at radius 1 is 1.17 bits per heavy atom. The fourth-order valence-corrected chi connectivity index (χ4v) is 5.93. The molecular weight excluding hydrogens is 378 g/mol. The minimum absolute atomic E-state index is 0.0269. The summed E-state index contributed by atoms with van der Waals surface area (Å²) < 4.78 is 0. The number of hydrogen-bond acceptors (Lipinski definition) is 4. The monoisotopic (exact) mass is 415 g/mol. The van der Waals surface area contributed by atoms with E-state index in [9.17, 15) is 9.59 Å². The largest absolute Gasteiger partial charge is 0.356 e. The van der Waals surface area contributed by atoms with E-state index in [0.29, 0.717) is 24.9 Å². The van der Waals surface area contributed by atoms with Gasteiger partial charge in [-0.2, -0.15) is 0 Å². The van der Waals surface area contributed by atoms with Crippen molar-refractivity contribution in [3.8, 4) is 0 Å². The lowest BCUT2D eigenvalue weighted by Gasteiger charge is -2.34. The van der Waals surface area contributed by atoms with Gasteiger partial charge in [0.2, 0.25) is 11.8 Å². The van der Waals surface area contributed by atoms with Crippen molar-refractivity contribution in [2.75, 3.05) is 46.3 Å². The van der Waals surface area contributed by atoms with Crippen LogP contribution in [-0.4, -0.2) is 73.9 Å². The molecule has 1 saturated carbocycles. The summed E-state index contributed by atoms with van der Waals surface area (Å²) in [4.78, 5) is 33.9. The molecule has 5 atom stereocenters. The van der Waals surface area contributed by atoms with Crippen LogP contribution in [0.25, 0.3) is 0 Å². The third-order valence-electron chi connectivity index (χ3n) is 7.20. The third-order valence-corrected chi connectivity index (χ3v) is 7.20. The Morgan fingerprint density at radius 2 is 1.87 bits per heavy atom. The van der Waals surface area contributed by atoms with Crippen molar-refractivity contribution >= 4 is 17.8 Å². The SMILES string of the molecule is CN=C(NCCN1C(=O)C2C3C=CC(C3)C2C1=O)NCC1CCCN(CC(C)C)C1. The molecule has 2 aliphatic carbocycles. The van der Waals surface area contributed by atoms with Gasteiger partial charge in [0.1, 0.15) is 0 Å². The van der Waals surface area contributed by atoms with Gasteiger partial charge in [-0.1, -0.05) is 26.0 Å². The highest BCUT2D eigenvalue weighted by molar-refractivity contribution is 6.06. The summed E-state index contributed by atoms with van der Waals surface area (Å²) in [7, 11) is 1.77. The van der Waals surface area contributed by atoms with Crippen molar-refractivity contribution in [1.29, 1.82) is 0 Å². The Hall–Kier alpha value is -1.89. The normalized spacial score (nSPS) is 33.7. The summed E-state index contributed by atoms with van der Waals surface area (Å²) >= 11 is 0. The molecule has 2 N–H and O–H groups in total. The highest BCUT2D eigenvalue weighted by Crippen LogP contribution is 2.52. The second-order valence-electron chi connectivity index (χ2n) is 9.87. The Morgan fingerprint density at radius 3 is 2.50 bits per heavy atom. The first-order valence-corrected chi connectivity index (χ1v) is 11.7. The molecule has 2 amide bonds. The molecule has 4 aliphatic rings. The van der Waals surface area contributed by atoms with Crippen molar-refractivity contribution in [3.05, 3.63) is 12.2 Å². The molecule has 4 rings (SSSR count). The van der Waals surface area contributed by atoms with Crippen LogP contribution in [0.2, 0.25) is 0 Å². The number of guanidine groups is 1. The molecule has 5 unspecified atom stereocenters. The second-order valence-corrected chi connectivity index (χ2v) is 9.87. The number of aliphatic imine (C=N–C) groups is 1. The van der Waals surface area contributed by atoms with Crippen molar-refractivity contribution in [2.45, 2.75) is 33.1 Å². The number of allylic oxidation sites excluding steroid dienone is 2. The van der Waals surface area contributed by atoms with Gasteiger partial charge in [-0.25, -0.2) is 0 Å². The van der Waals surface area contributed by atoms with Gasteiger partial charge in [-0.05, 0) is 49.5 Å². The second kappa shape index (κ2) is 9.08. The van der Waals surface area contributed by atoms with Gasteiger partial charge in [0, 0.05) is 39.8 Å². The first kappa shape index (κ1) is 21.3. The van der Waals surface area contributed by atoms with Gasteiger partial charge in [-0.3, -0.25) is 19.5 Å². The lowest BCUT2D eigenvalue weighted by atomic mass is 9.85. The molecule has 0 spiro atoms. The van der Waals surface area contributed by atoms with Gasteiger partial charge < -0.3 is 15.5 Å². The Kier molecular flexibility index (Phi) is 6.46. The van der Waals surface area contributed by atoms with E-state index >= 15 is 0 Å². The van der Waals surface area contributed by atoms with E-state index in [1.54, 1.807) is 7.05 Å². The number of fused-ring (bicyclic) bond motifs is 5. The molecular formula is C23H37N5O2. The third kappa shape index (κ3) is 4.27. The van der Waals surface area contributed by atoms with Crippen LogP contribution in [0.15, 0.2) is 17.1 Å². The molecule has 2 heterocycles. The average Bonchev–Trinajstić information content (AvgIpc) is 3.39. The van der Waals surface area contributed by atoms with Crippen LogP contribution in [0.4, 0.5) is 0 Å². The number of likely N-dealkylation sites (tertiary alicyclic amines) is 2. The first-order chi connectivity index (χ1) is 14.5. The molecule has 7 nitrogen and oxygen atoms in total. The molecule has 2 saturated heterocycles. The molecule has 2 bridgehead atoms. The Labute approximate surface area is 180 Å². The summed E-state index contributed by atoms with van der Waals surface area (Å²) in [6.45, 7) is 9.91. The van der Waals surface area contributed by atoms with Crippen LogP contribution < -0.4 is 10.6 Å². The number of rotatable bonds is 7. The van der Waals surface area contributed by atoms with Crippen LogP contribution in [0.1, 0.15) is 33.1 Å². The van der Waals surface area contributed by atoms with Crippen LogP contribution in [0.3, 0.4) is 0 Å². The highest BCUT2D eigenvalue weighted by Gasteiger charge is 2.58. The number of nitrogens with zero attached hydrogens (tertiary/aromatic N) is 3. The van der Waals surface area contributed by atoms with Gasteiger partial charge in [0.25, 0.3) is 0 Å². The number of carbonyl (C=O) groups excluding carboxylic acids is 2. The smallest absolute Gasteiger partial charge is 0.233 e. The maximum absolute atomic E-state index is 12.8. The Balaban J connectivity index is 1.20. The molecule has 2 aliphatic heterocycles. The minimum atomic E-state index is -0.106. The number of carbonyl (C=O) groups is 2. The van der Waals surface area contributed by atoms with Gasteiger partial charge >= 0.3 is 0 Å². The molecule has 166 valence electrons. The van der Waals surface area contributed by atoms with E-state index in [2.05, 4.69) is 46.5 Å². The summed E-state index contributed by atoms with van der Waals surface area (Å²) in [5.74, 6) is 2.46. The topological polar surface area (TPSA) is 77.0 Å². The maximum atomic E-state index is 12.8. The number of piperidine rings is 1. The molecule has 30 heavy (non-hydrogen) atoms. The van der Waals surface area contributed by atoms with Crippen LogP contribution in [0, 0.1) is 35.5 Å². The quantitative estimate of drug-likeness (QED) is 0.284. The fraction of sp³-hybridized carbons (Fsp3) is 0.783. The maximum Gasteiger partial charge on any atom is 0.233 e. The zero-order chi connectivity index (χ0) is 21.3. The van der Waals surface area contributed by atoms with E-state index in [1.807, 2.05) is 0 Å². The molecule has 0 aromatic carbocycles. The van der Waals surface area contributed by atoms with Crippen molar-refractivity contribution in [1.82, 2.24) is 20.4 Å². The molecule has 3 fully saturated rings. The lowest BCUT2D eigenvalue weighted by Crippen LogP contribution is -2.47. The van der Waals surface area contributed by atoms with Crippen molar-refractivity contribution < 1.29 is 9.59 Å². The summed E-state index contributed by atoms with van der Waals surface area (Å²) in [5, 5.41) is 6.73. The van der Waals surface area contributed by atoms with Gasteiger partial charge in [0.05, 0.1) is 11.8 Å². The number of hydrogen-bond donors (Lipinski definition) is 2. The molecule has 0 radical (unpaired) electrons. The fourth-order valence-electron chi connectivity index (χ4n) is 5.93. The van der Waals surface area contributed by atoms with Gasteiger partial charge in [-0.15, -0.1) is 0 Å². The molecule has 7 heteroatoms. The van der Waals surface area contributed by atoms with E-state index < -0.39 is 0 Å². The van der Waals surface area contributed by atoms with Gasteiger partial charge in [0.15, 0.2) is 5.96 Å². The van der Waals surface area contributed by atoms with Crippen molar-refractivity contribution in [3.63, 3.8) is 0 Å².